The number of nitrogen functional groups attached to an aromatic ring is 1. The van der Waals surface area contributed by atoms with Crippen molar-refractivity contribution in [1.82, 2.24) is 14.5 Å². The molecule has 34 heavy (non-hydrogen) atoms. The summed E-state index contributed by atoms with van der Waals surface area (Å²) in [5, 5.41) is 9.51. The Morgan fingerprint density at radius 3 is 2.44 bits per heavy atom. The summed E-state index contributed by atoms with van der Waals surface area (Å²) in [5.74, 6) is -3.68. The number of pyridine rings is 1. The van der Waals surface area contributed by atoms with Crippen LogP contribution in [0.15, 0.2) is 6.07 Å². The predicted molar refractivity (Wildman–Crippen MR) is 113 cm³/mol. The van der Waals surface area contributed by atoms with E-state index in [4.69, 9.17) is 11.5 Å². The molecule has 1 aliphatic carbocycles. The number of amides is 2. The van der Waals surface area contributed by atoms with Crippen LogP contribution in [0.4, 0.5) is 23.4 Å². The number of phenols is 1. The van der Waals surface area contributed by atoms with Crippen molar-refractivity contribution in [3.05, 3.63) is 45.5 Å². The molecule has 0 unspecified atom stereocenters. The number of carbonyl (C=O) groups excluding carboxylic acids is 2. The molecule has 0 saturated heterocycles. The van der Waals surface area contributed by atoms with E-state index < -0.39 is 52.0 Å². The Morgan fingerprint density at radius 1 is 1.24 bits per heavy atom. The van der Waals surface area contributed by atoms with Crippen molar-refractivity contribution >= 4 is 28.5 Å². The van der Waals surface area contributed by atoms with Gasteiger partial charge in [0.05, 0.1) is 34.6 Å². The second-order valence-electron chi connectivity index (χ2n) is 8.60. The lowest BCUT2D eigenvalue weighted by Crippen LogP contribution is -2.26. The number of nitrogens with zero attached hydrogens (tertiary/aromatic N) is 3. The first kappa shape index (κ1) is 22.0. The molecule has 1 aromatic carbocycles. The zero-order valence-corrected chi connectivity index (χ0v) is 18.0. The molecule has 5 rings (SSSR count). The van der Waals surface area contributed by atoms with Crippen LogP contribution in [0.1, 0.15) is 56.1 Å². The van der Waals surface area contributed by atoms with Crippen molar-refractivity contribution in [2.24, 2.45) is 5.73 Å². The minimum absolute atomic E-state index is 0.0569. The molecule has 0 radical (unpaired) electrons. The lowest BCUT2D eigenvalue weighted by atomic mass is 10.0. The van der Waals surface area contributed by atoms with Gasteiger partial charge in [0, 0.05) is 28.6 Å². The van der Waals surface area contributed by atoms with Crippen LogP contribution in [-0.2, 0) is 12.7 Å². The van der Waals surface area contributed by atoms with E-state index in [0.29, 0.717) is 12.8 Å². The summed E-state index contributed by atoms with van der Waals surface area (Å²) in [6.07, 6.45) is -3.60. The number of primary amides is 1. The van der Waals surface area contributed by atoms with Gasteiger partial charge in [0.2, 0.25) is 0 Å². The van der Waals surface area contributed by atoms with E-state index in [1.54, 1.807) is 0 Å². The van der Waals surface area contributed by atoms with Crippen molar-refractivity contribution in [3.8, 4) is 11.4 Å². The summed E-state index contributed by atoms with van der Waals surface area (Å²) in [6.45, 7) is 2.62. The Kier molecular flexibility index (Phi) is 4.42. The number of hydrogen-bond donors (Lipinski definition) is 3. The Balaban J connectivity index is 2.03. The van der Waals surface area contributed by atoms with E-state index in [1.807, 2.05) is 0 Å². The van der Waals surface area contributed by atoms with Crippen LogP contribution in [0.25, 0.3) is 16.6 Å². The number of aromatic hydroxyl groups is 1. The number of hydrogen-bond acceptors (Lipinski definition) is 5. The minimum atomic E-state index is -5.01. The highest BCUT2D eigenvalue weighted by Crippen LogP contribution is 2.46. The summed E-state index contributed by atoms with van der Waals surface area (Å²) in [5.41, 5.74) is 8.84. The topological polar surface area (TPSA) is 127 Å². The van der Waals surface area contributed by atoms with E-state index in [1.165, 1.54) is 18.7 Å². The number of halogens is 4. The van der Waals surface area contributed by atoms with Crippen molar-refractivity contribution in [3.63, 3.8) is 0 Å². The summed E-state index contributed by atoms with van der Waals surface area (Å²) in [7, 11) is 0. The fraction of sp³-hybridized carbons (Fsp3) is 0.318. The smallest absolute Gasteiger partial charge is 0.434 e. The molecule has 0 spiro atoms. The van der Waals surface area contributed by atoms with Gasteiger partial charge in [-0.1, -0.05) is 0 Å². The second kappa shape index (κ2) is 6.84. The SMILES string of the molecule is Cc1c(O)cc(F)c(C)c1-n1c(N)c(C(N)=O)c2c(C(F)(F)F)nc3c(c21)C(=O)N(C1CC1)C3. The highest BCUT2D eigenvalue weighted by atomic mass is 19.4. The molecule has 3 heterocycles. The van der Waals surface area contributed by atoms with Gasteiger partial charge in [-0.05, 0) is 26.7 Å². The van der Waals surface area contributed by atoms with E-state index in [9.17, 15) is 32.3 Å². The standard InChI is InChI=1S/C22H19F4N5O3/c1-7-10(23)5-12(32)8(2)16(7)31-17-13-11(6-30(21(13)34)9-3-4-9)29-18(22(24,25)26)14(17)15(19(31)27)20(28)33/h5,9,32H,3-4,6,27H2,1-2H3,(H2,28,33). The summed E-state index contributed by atoms with van der Waals surface area (Å²) >= 11 is 0. The van der Waals surface area contributed by atoms with Crippen LogP contribution in [0.5, 0.6) is 5.75 Å². The minimum Gasteiger partial charge on any atom is -0.507 e. The zero-order valence-electron chi connectivity index (χ0n) is 18.0. The zero-order chi connectivity index (χ0) is 24.9. The van der Waals surface area contributed by atoms with Gasteiger partial charge in [0.15, 0.2) is 5.69 Å². The lowest BCUT2D eigenvalue weighted by Gasteiger charge is -2.18. The Labute approximate surface area is 189 Å². The maximum Gasteiger partial charge on any atom is 0.434 e. The van der Waals surface area contributed by atoms with Gasteiger partial charge < -0.3 is 21.5 Å². The van der Waals surface area contributed by atoms with Gasteiger partial charge in [-0.25, -0.2) is 9.37 Å². The first-order chi connectivity index (χ1) is 15.8. The largest absolute Gasteiger partial charge is 0.507 e. The molecular weight excluding hydrogens is 458 g/mol. The number of nitrogens with two attached hydrogens (primary N) is 2. The quantitative estimate of drug-likeness (QED) is 0.499. The number of phenolic OH excluding ortho intramolecular Hbond substituents is 1. The van der Waals surface area contributed by atoms with Gasteiger partial charge >= 0.3 is 6.18 Å². The molecule has 2 amide bonds. The average Bonchev–Trinajstić information content (AvgIpc) is 3.46. The third-order valence-corrected chi connectivity index (χ3v) is 6.45. The molecular formula is C22H19F4N5O3. The first-order valence-electron chi connectivity index (χ1n) is 10.4. The van der Waals surface area contributed by atoms with Crippen molar-refractivity contribution in [1.29, 1.82) is 0 Å². The van der Waals surface area contributed by atoms with Gasteiger partial charge in [-0.15, -0.1) is 0 Å². The van der Waals surface area contributed by atoms with Crippen LogP contribution < -0.4 is 11.5 Å². The second-order valence-corrected chi connectivity index (χ2v) is 8.60. The van der Waals surface area contributed by atoms with E-state index in [2.05, 4.69) is 4.98 Å². The molecule has 3 aromatic rings. The Morgan fingerprint density at radius 2 is 1.88 bits per heavy atom. The number of carbonyl (C=O) groups is 2. The number of alkyl halides is 3. The maximum absolute atomic E-state index is 14.6. The highest BCUT2D eigenvalue weighted by Gasteiger charge is 2.46. The molecule has 0 atom stereocenters. The third-order valence-electron chi connectivity index (χ3n) is 6.45. The third kappa shape index (κ3) is 2.87. The normalized spacial score (nSPS) is 15.9. The summed E-state index contributed by atoms with van der Waals surface area (Å²) in [6, 6.07) is 0.738. The molecule has 0 bridgehead atoms. The van der Waals surface area contributed by atoms with Crippen LogP contribution >= 0.6 is 0 Å². The van der Waals surface area contributed by atoms with Crippen LogP contribution in [-0.4, -0.2) is 37.4 Å². The average molecular weight is 477 g/mol. The molecule has 178 valence electrons. The van der Waals surface area contributed by atoms with Crippen molar-refractivity contribution in [2.75, 3.05) is 5.73 Å². The van der Waals surface area contributed by atoms with E-state index >= 15 is 0 Å². The summed E-state index contributed by atoms with van der Waals surface area (Å²) < 4.78 is 58.1. The van der Waals surface area contributed by atoms with Crippen LogP contribution in [0.3, 0.4) is 0 Å². The number of fused-ring (bicyclic) bond motifs is 3. The van der Waals surface area contributed by atoms with E-state index in [0.717, 1.165) is 10.6 Å². The van der Waals surface area contributed by atoms with Crippen molar-refractivity contribution in [2.45, 2.75) is 45.5 Å². The summed E-state index contributed by atoms with van der Waals surface area (Å²) in [4.78, 5) is 30.9. The van der Waals surface area contributed by atoms with Crippen LogP contribution in [0, 0.1) is 19.7 Å². The Bertz CT molecular complexity index is 1410. The number of anilines is 1. The maximum atomic E-state index is 14.6. The monoisotopic (exact) mass is 477 g/mol. The van der Waals surface area contributed by atoms with Crippen LogP contribution in [0.2, 0.25) is 0 Å². The van der Waals surface area contributed by atoms with Gasteiger partial charge in [0.1, 0.15) is 17.4 Å². The number of aromatic nitrogens is 2. The van der Waals surface area contributed by atoms with E-state index in [-0.39, 0.29) is 46.2 Å². The highest BCUT2D eigenvalue weighted by molar-refractivity contribution is 6.18. The fourth-order valence-electron chi connectivity index (χ4n) is 4.71. The molecule has 1 fully saturated rings. The molecule has 8 nitrogen and oxygen atoms in total. The predicted octanol–water partition coefficient (Wildman–Crippen LogP) is 3.31. The lowest BCUT2D eigenvalue weighted by molar-refractivity contribution is -0.139. The fourth-order valence-corrected chi connectivity index (χ4v) is 4.71. The molecule has 1 aliphatic heterocycles. The first-order valence-corrected chi connectivity index (χ1v) is 10.4. The molecule has 1 saturated carbocycles. The number of rotatable bonds is 3. The molecule has 2 aromatic heterocycles. The molecule has 12 heteroatoms. The van der Waals surface area contributed by atoms with Gasteiger partial charge in [0.25, 0.3) is 11.8 Å². The van der Waals surface area contributed by atoms with Crippen molar-refractivity contribution < 1.29 is 32.3 Å². The van der Waals surface area contributed by atoms with Gasteiger partial charge in [-0.3, -0.25) is 14.2 Å². The molecule has 2 aliphatic rings. The number of benzene rings is 1. The Hall–Kier alpha value is -3.83. The van der Waals surface area contributed by atoms with Gasteiger partial charge in [-0.2, -0.15) is 13.2 Å². The molecule has 5 N–H and O–H groups in total.